The van der Waals surface area contributed by atoms with E-state index in [-0.39, 0.29) is 5.91 Å². The third-order valence-corrected chi connectivity index (χ3v) is 2.25. The predicted molar refractivity (Wildman–Crippen MR) is 58.2 cm³/mol. The van der Waals surface area contributed by atoms with Crippen molar-refractivity contribution in [3.63, 3.8) is 0 Å². The van der Waals surface area contributed by atoms with Gasteiger partial charge in [0.2, 0.25) is 5.91 Å². The van der Waals surface area contributed by atoms with Crippen LogP contribution < -0.4 is 11.1 Å². The second-order valence-electron chi connectivity index (χ2n) is 3.33. The van der Waals surface area contributed by atoms with E-state index in [1.807, 2.05) is 32.0 Å². The number of rotatable bonds is 3. The first kappa shape index (κ1) is 10.7. The lowest BCUT2D eigenvalue weighted by Crippen LogP contribution is -2.16. The Hall–Kier alpha value is -1.35. The van der Waals surface area contributed by atoms with Crippen LogP contribution in [0.5, 0.6) is 0 Å². The van der Waals surface area contributed by atoms with Crippen molar-refractivity contribution in [2.75, 3.05) is 11.9 Å². The van der Waals surface area contributed by atoms with Crippen LogP contribution in [0.25, 0.3) is 0 Å². The molecule has 3 N–H and O–H groups in total. The lowest BCUT2D eigenvalue weighted by molar-refractivity contribution is -0.116. The zero-order valence-corrected chi connectivity index (χ0v) is 8.63. The maximum absolute atomic E-state index is 11.3. The Labute approximate surface area is 84.3 Å². The van der Waals surface area contributed by atoms with E-state index < -0.39 is 0 Å². The number of hydrogen-bond donors (Lipinski definition) is 2. The van der Waals surface area contributed by atoms with E-state index in [9.17, 15) is 4.79 Å². The van der Waals surface area contributed by atoms with Crippen LogP contribution >= 0.6 is 0 Å². The summed E-state index contributed by atoms with van der Waals surface area (Å²) in [6, 6.07) is 5.85. The minimum atomic E-state index is -0.0267. The second kappa shape index (κ2) is 4.77. The molecule has 76 valence electrons. The van der Waals surface area contributed by atoms with Crippen LogP contribution in [0, 0.1) is 13.8 Å². The number of benzene rings is 1. The molecule has 1 amide bonds. The molecule has 0 bridgehead atoms. The minimum Gasteiger partial charge on any atom is -0.330 e. The summed E-state index contributed by atoms with van der Waals surface area (Å²) >= 11 is 0. The minimum absolute atomic E-state index is 0.0267. The zero-order valence-electron chi connectivity index (χ0n) is 8.63. The molecular weight excluding hydrogens is 176 g/mol. The smallest absolute Gasteiger partial charge is 0.225 e. The van der Waals surface area contributed by atoms with Crippen LogP contribution in [0.4, 0.5) is 5.69 Å². The van der Waals surface area contributed by atoms with Crippen LogP contribution in [0.3, 0.4) is 0 Å². The van der Waals surface area contributed by atoms with Gasteiger partial charge in [-0.05, 0) is 31.0 Å². The van der Waals surface area contributed by atoms with E-state index >= 15 is 0 Å². The fourth-order valence-electron chi connectivity index (χ4n) is 1.23. The quantitative estimate of drug-likeness (QED) is 0.764. The molecule has 14 heavy (non-hydrogen) atoms. The van der Waals surface area contributed by atoms with E-state index in [0.717, 1.165) is 11.3 Å². The number of amides is 1. The Morgan fingerprint density at radius 2 is 2.14 bits per heavy atom. The molecule has 0 fully saturated rings. The molecule has 0 aliphatic rings. The first-order valence-electron chi connectivity index (χ1n) is 4.71. The highest BCUT2D eigenvalue weighted by atomic mass is 16.1. The topological polar surface area (TPSA) is 55.1 Å². The molecule has 0 aliphatic heterocycles. The van der Waals surface area contributed by atoms with Gasteiger partial charge in [-0.2, -0.15) is 0 Å². The van der Waals surface area contributed by atoms with Gasteiger partial charge in [-0.25, -0.2) is 0 Å². The number of carbonyl (C=O) groups is 1. The summed E-state index contributed by atoms with van der Waals surface area (Å²) < 4.78 is 0. The maximum atomic E-state index is 11.3. The summed E-state index contributed by atoms with van der Waals surface area (Å²) in [5.74, 6) is -0.0267. The number of carbonyl (C=O) groups excluding carboxylic acids is 1. The summed E-state index contributed by atoms with van der Waals surface area (Å²) in [6.07, 6.45) is 0.368. The molecule has 3 heteroatoms. The van der Waals surface area contributed by atoms with Gasteiger partial charge in [-0.15, -0.1) is 0 Å². The molecule has 1 rings (SSSR count). The predicted octanol–water partition coefficient (Wildman–Crippen LogP) is 1.59. The van der Waals surface area contributed by atoms with Gasteiger partial charge in [0.05, 0.1) is 0 Å². The molecule has 0 aromatic heterocycles. The van der Waals surface area contributed by atoms with Gasteiger partial charge in [-0.3, -0.25) is 4.79 Å². The van der Waals surface area contributed by atoms with Gasteiger partial charge in [0.1, 0.15) is 0 Å². The van der Waals surface area contributed by atoms with Crippen molar-refractivity contribution in [3.8, 4) is 0 Å². The van der Waals surface area contributed by atoms with Crippen LogP contribution in [0.1, 0.15) is 17.5 Å². The van der Waals surface area contributed by atoms with Gasteiger partial charge >= 0.3 is 0 Å². The van der Waals surface area contributed by atoms with Crippen molar-refractivity contribution in [1.82, 2.24) is 0 Å². The zero-order chi connectivity index (χ0) is 10.6. The molecule has 3 nitrogen and oxygen atoms in total. The van der Waals surface area contributed by atoms with Crippen molar-refractivity contribution in [2.45, 2.75) is 20.3 Å². The molecule has 0 atom stereocenters. The summed E-state index contributed by atoms with van der Waals surface area (Å²) in [5.41, 5.74) is 8.45. The standard InChI is InChI=1S/C11H16N2O/c1-8-4-3-5-10(9(8)2)13-11(14)6-7-12/h3-5H,6-7,12H2,1-2H3,(H,13,14). The first-order valence-corrected chi connectivity index (χ1v) is 4.71. The molecular formula is C11H16N2O. The van der Waals surface area contributed by atoms with Gasteiger partial charge in [0.25, 0.3) is 0 Å². The number of hydrogen-bond acceptors (Lipinski definition) is 2. The second-order valence-corrected chi connectivity index (χ2v) is 3.33. The van der Waals surface area contributed by atoms with Crippen molar-refractivity contribution in [2.24, 2.45) is 5.73 Å². The van der Waals surface area contributed by atoms with Gasteiger partial charge in [0, 0.05) is 18.7 Å². The molecule has 0 saturated heterocycles. The molecule has 1 aromatic carbocycles. The summed E-state index contributed by atoms with van der Waals surface area (Å²) in [5, 5.41) is 2.83. The highest BCUT2D eigenvalue weighted by Gasteiger charge is 2.04. The summed E-state index contributed by atoms with van der Waals surface area (Å²) in [4.78, 5) is 11.3. The Morgan fingerprint density at radius 1 is 1.43 bits per heavy atom. The van der Waals surface area contributed by atoms with Crippen molar-refractivity contribution in [1.29, 1.82) is 0 Å². The van der Waals surface area contributed by atoms with Gasteiger partial charge < -0.3 is 11.1 Å². The van der Waals surface area contributed by atoms with Crippen molar-refractivity contribution in [3.05, 3.63) is 29.3 Å². The van der Waals surface area contributed by atoms with E-state index in [1.165, 1.54) is 5.56 Å². The fourth-order valence-corrected chi connectivity index (χ4v) is 1.23. The van der Waals surface area contributed by atoms with Crippen molar-refractivity contribution >= 4 is 11.6 Å². The maximum Gasteiger partial charge on any atom is 0.225 e. The Kier molecular flexibility index (Phi) is 3.65. The first-order chi connectivity index (χ1) is 6.65. The normalized spacial score (nSPS) is 9.93. The van der Waals surface area contributed by atoms with E-state index in [0.29, 0.717) is 13.0 Å². The number of aryl methyl sites for hydroxylation is 1. The highest BCUT2D eigenvalue weighted by Crippen LogP contribution is 2.17. The van der Waals surface area contributed by atoms with Crippen LogP contribution in [0.2, 0.25) is 0 Å². The Bertz CT molecular complexity index is 334. The molecule has 0 unspecified atom stereocenters. The molecule has 1 aromatic rings. The van der Waals surface area contributed by atoms with Crippen LogP contribution in [-0.2, 0) is 4.79 Å². The lowest BCUT2D eigenvalue weighted by Gasteiger charge is -2.09. The monoisotopic (exact) mass is 192 g/mol. The average Bonchev–Trinajstić information content (AvgIpc) is 2.13. The third kappa shape index (κ3) is 2.57. The summed E-state index contributed by atoms with van der Waals surface area (Å²) in [6.45, 7) is 4.40. The number of anilines is 1. The Morgan fingerprint density at radius 3 is 2.79 bits per heavy atom. The third-order valence-electron chi connectivity index (χ3n) is 2.25. The van der Waals surface area contributed by atoms with Gasteiger partial charge in [0.15, 0.2) is 0 Å². The van der Waals surface area contributed by atoms with Gasteiger partial charge in [-0.1, -0.05) is 12.1 Å². The van der Waals surface area contributed by atoms with Crippen LogP contribution in [-0.4, -0.2) is 12.5 Å². The largest absolute Gasteiger partial charge is 0.330 e. The van der Waals surface area contributed by atoms with E-state index in [1.54, 1.807) is 0 Å². The molecule has 0 spiro atoms. The fraction of sp³-hybridized carbons (Fsp3) is 0.364. The van der Waals surface area contributed by atoms with Crippen molar-refractivity contribution < 1.29 is 4.79 Å². The highest BCUT2D eigenvalue weighted by molar-refractivity contribution is 5.91. The number of nitrogens with two attached hydrogens (primary N) is 1. The van der Waals surface area contributed by atoms with E-state index in [2.05, 4.69) is 5.32 Å². The van der Waals surface area contributed by atoms with Crippen LogP contribution in [0.15, 0.2) is 18.2 Å². The molecule has 0 radical (unpaired) electrons. The molecule has 0 aliphatic carbocycles. The SMILES string of the molecule is Cc1cccc(NC(=O)CCN)c1C. The average molecular weight is 192 g/mol. The Balaban J connectivity index is 2.76. The molecule has 0 heterocycles. The molecule has 0 saturated carbocycles. The van der Waals surface area contributed by atoms with E-state index in [4.69, 9.17) is 5.73 Å². The number of nitrogens with one attached hydrogen (secondary N) is 1. The summed E-state index contributed by atoms with van der Waals surface area (Å²) in [7, 11) is 0. The lowest BCUT2D eigenvalue weighted by atomic mass is 10.1.